The molecule has 0 unspecified atom stereocenters. The van der Waals surface area contributed by atoms with E-state index in [1.54, 1.807) is 14.2 Å². The van der Waals surface area contributed by atoms with Crippen LogP contribution in [0.2, 0.25) is 0 Å². The molecule has 84 valence electrons. The molecule has 4 nitrogen and oxygen atoms in total. The molecule has 0 aliphatic heterocycles. The SMILES string of the molecule is COC[C@@H](O)CNc1ccccc1OC. The highest BCUT2D eigenvalue weighted by molar-refractivity contribution is 5.56. The number of methoxy groups -OCH3 is 2. The Morgan fingerprint density at radius 3 is 2.73 bits per heavy atom. The van der Waals surface area contributed by atoms with E-state index in [-0.39, 0.29) is 0 Å². The maximum absolute atomic E-state index is 9.45. The first-order chi connectivity index (χ1) is 7.27. The first kappa shape index (κ1) is 11.8. The number of hydrogen-bond acceptors (Lipinski definition) is 4. The van der Waals surface area contributed by atoms with Gasteiger partial charge in [-0.2, -0.15) is 0 Å². The molecule has 0 aliphatic carbocycles. The normalized spacial score (nSPS) is 12.2. The summed E-state index contributed by atoms with van der Waals surface area (Å²) >= 11 is 0. The smallest absolute Gasteiger partial charge is 0.141 e. The second-order valence-electron chi connectivity index (χ2n) is 3.19. The standard InChI is InChI=1S/C11H17NO3/c1-14-8-9(13)7-12-10-5-3-4-6-11(10)15-2/h3-6,9,12-13H,7-8H2,1-2H3/t9-/m0/s1. The molecule has 0 spiro atoms. The van der Waals surface area contributed by atoms with Crippen molar-refractivity contribution in [1.82, 2.24) is 0 Å². The lowest BCUT2D eigenvalue weighted by molar-refractivity contribution is 0.0727. The minimum atomic E-state index is -0.514. The Hall–Kier alpha value is -1.26. The number of rotatable bonds is 6. The molecule has 15 heavy (non-hydrogen) atoms. The van der Waals surface area contributed by atoms with Crippen molar-refractivity contribution in [3.05, 3.63) is 24.3 Å². The van der Waals surface area contributed by atoms with Crippen LogP contribution in [0, 0.1) is 0 Å². The highest BCUT2D eigenvalue weighted by atomic mass is 16.5. The van der Waals surface area contributed by atoms with E-state index in [9.17, 15) is 5.11 Å². The van der Waals surface area contributed by atoms with Gasteiger partial charge in [0.1, 0.15) is 5.75 Å². The van der Waals surface area contributed by atoms with Gasteiger partial charge in [-0.3, -0.25) is 0 Å². The molecule has 0 aromatic heterocycles. The Morgan fingerprint density at radius 1 is 1.33 bits per heavy atom. The number of aliphatic hydroxyl groups is 1. The van der Waals surface area contributed by atoms with Crippen LogP contribution < -0.4 is 10.1 Å². The molecule has 4 heteroatoms. The molecule has 0 radical (unpaired) electrons. The third kappa shape index (κ3) is 3.77. The fourth-order valence-corrected chi connectivity index (χ4v) is 1.27. The van der Waals surface area contributed by atoms with Gasteiger partial charge in [0.15, 0.2) is 0 Å². The van der Waals surface area contributed by atoms with Crippen LogP contribution in [0.5, 0.6) is 5.75 Å². The first-order valence-corrected chi connectivity index (χ1v) is 4.81. The van der Waals surface area contributed by atoms with Crippen LogP contribution in [0.15, 0.2) is 24.3 Å². The number of ether oxygens (including phenoxy) is 2. The van der Waals surface area contributed by atoms with Gasteiger partial charge in [0.05, 0.1) is 25.5 Å². The average molecular weight is 211 g/mol. The molecule has 1 rings (SSSR count). The number of para-hydroxylation sites is 2. The molecule has 0 saturated heterocycles. The third-order valence-electron chi connectivity index (χ3n) is 1.99. The van der Waals surface area contributed by atoms with Crippen molar-refractivity contribution in [1.29, 1.82) is 0 Å². The van der Waals surface area contributed by atoms with E-state index in [4.69, 9.17) is 9.47 Å². The predicted molar refractivity (Wildman–Crippen MR) is 59.4 cm³/mol. The Bertz CT molecular complexity index is 291. The summed E-state index contributed by atoms with van der Waals surface area (Å²) in [5.74, 6) is 0.766. The Kier molecular flexibility index (Phi) is 4.93. The summed E-state index contributed by atoms with van der Waals surface area (Å²) in [6, 6.07) is 7.58. The maximum atomic E-state index is 9.45. The van der Waals surface area contributed by atoms with E-state index in [0.29, 0.717) is 13.2 Å². The second-order valence-corrected chi connectivity index (χ2v) is 3.19. The summed E-state index contributed by atoms with van der Waals surface area (Å²) in [6.45, 7) is 0.760. The number of benzene rings is 1. The number of aliphatic hydroxyl groups excluding tert-OH is 1. The molecule has 0 fully saturated rings. The summed E-state index contributed by atoms with van der Waals surface area (Å²) in [5.41, 5.74) is 0.871. The van der Waals surface area contributed by atoms with Gasteiger partial charge in [-0.05, 0) is 12.1 Å². The monoisotopic (exact) mass is 211 g/mol. The summed E-state index contributed by atoms with van der Waals surface area (Å²) in [6.07, 6.45) is -0.514. The molecular formula is C11H17NO3. The minimum Gasteiger partial charge on any atom is -0.495 e. The molecule has 0 bridgehead atoms. The number of hydrogen-bond donors (Lipinski definition) is 2. The zero-order chi connectivity index (χ0) is 11.1. The zero-order valence-corrected chi connectivity index (χ0v) is 9.06. The van der Waals surface area contributed by atoms with E-state index in [1.807, 2.05) is 24.3 Å². The molecule has 1 aromatic rings. The molecule has 0 amide bonds. The van der Waals surface area contributed by atoms with E-state index in [1.165, 1.54) is 0 Å². The molecule has 0 heterocycles. The van der Waals surface area contributed by atoms with Crippen molar-refractivity contribution in [2.24, 2.45) is 0 Å². The van der Waals surface area contributed by atoms with E-state index in [0.717, 1.165) is 11.4 Å². The van der Waals surface area contributed by atoms with E-state index < -0.39 is 6.10 Å². The molecule has 1 atom stereocenters. The van der Waals surface area contributed by atoms with Gasteiger partial charge in [0.2, 0.25) is 0 Å². The van der Waals surface area contributed by atoms with Crippen LogP contribution in [0.3, 0.4) is 0 Å². The third-order valence-corrected chi connectivity index (χ3v) is 1.99. The topological polar surface area (TPSA) is 50.7 Å². The zero-order valence-electron chi connectivity index (χ0n) is 9.06. The molecule has 1 aromatic carbocycles. The van der Waals surface area contributed by atoms with Crippen LogP contribution in [-0.4, -0.2) is 38.6 Å². The van der Waals surface area contributed by atoms with Crippen molar-refractivity contribution in [3.8, 4) is 5.75 Å². The van der Waals surface area contributed by atoms with Crippen LogP contribution in [0.25, 0.3) is 0 Å². The van der Waals surface area contributed by atoms with Gasteiger partial charge in [-0.15, -0.1) is 0 Å². The lowest BCUT2D eigenvalue weighted by Gasteiger charge is -2.14. The minimum absolute atomic E-state index is 0.322. The molecule has 0 aliphatic rings. The van der Waals surface area contributed by atoms with Gasteiger partial charge in [-0.25, -0.2) is 0 Å². The van der Waals surface area contributed by atoms with E-state index in [2.05, 4.69) is 5.32 Å². The van der Waals surface area contributed by atoms with Crippen molar-refractivity contribution >= 4 is 5.69 Å². The van der Waals surface area contributed by atoms with Crippen LogP contribution in [0.4, 0.5) is 5.69 Å². The van der Waals surface area contributed by atoms with Crippen LogP contribution >= 0.6 is 0 Å². The summed E-state index contributed by atoms with van der Waals surface area (Å²) < 4.78 is 9.99. The number of nitrogens with one attached hydrogen (secondary N) is 1. The lowest BCUT2D eigenvalue weighted by Crippen LogP contribution is -2.24. The van der Waals surface area contributed by atoms with Crippen molar-refractivity contribution in [3.63, 3.8) is 0 Å². The second kappa shape index (κ2) is 6.27. The summed E-state index contributed by atoms with van der Waals surface area (Å²) in [5, 5.41) is 12.5. The van der Waals surface area contributed by atoms with Crippen LogP contribution in [-0.2, 0) is 4.74 Å². The highest BCUT2D eigenvalue weighted by Crippen LogP contribution is 2.22. The van der Waals surface area contributed by atoms with Crippen molar-refractivity contribution in [2.45, 2.75) is 6.10 Å². The highest BCUT2D eigenvalue weighted by Gasteiger charge is 2.05. The van der Waals surface area contributed by atoms with Gasteiger partial charge >= 0.3 is 0 Å². The predicted octanol–water partition coefficient (Wildman–Crippen LogP) is 1.11. The lowest BCUT2D eigenvalue weighted by atomic mass is 10.2. The van der Waals surface area contributed by atoms with Crippen molar-refractivity contribution in [2.75, 3.05) is 32.7 Å². The largest absolute Gasteiger partial charge is 0.495 e. The summed E-state index contributed by atoms with van der Waals surface area (Å²) in [4.78, 5) is 0. The fourth-order valence-electron chi connectivity index (χ4n) is 1.27. The van der Waals surface area contributed by atoms with Gasteiger partial charge in [0.25, 0.3) is 0 Å². The van der Waals surface area contributed by atoms with Gasteiger partial charge < -0.3 is 19.9 Å². The Balaban J connectivity index is 2.49. The van der Waals surface area contributed by atoms with Gasteiger partial charge in [0, 0.05) is 13.7 Å². The Labute approximate surface area is 89.8 Å². The van der Waals surface area contributed by atoms with Crippen LogP contribution in [0.1, 0.15) is 0 Å². The maximum Gasteiger partial charge on any atom is 0.141 e. The average Bonchev–Trinajstić information content (AvgIpc) is 2.27. The quantitative estimate of drug-likeness (QED) is 0.740. The fraction of sp³-hybridized carbons (Fsp3) is 0.455. The Morgan fingerprint density at radius 2 is 2.07 bits per heavy atom. The summed E-state index contributed by atoms with van der Waals surface area (Å²) in [7, 11) is 3.18. The van der Waals surface area contributed by atoms with Gasteiger partial charge in [-0.1, -0.05) is 12.1 Å². The molecule has 0 saturated carbocycles. The van der Waals surface area contributed by atoms with E-state index >= 15 is 0 Å². The molecule has 2 N–H and O–H groups in total. The van der Waals surface area contributed by atoms with Crippen molar-refractivity contribution < 1.29 is 14.6 Å². The molecular weight excluding hydrogens is 194 g/mol. The number of anilines is 1. The first-order valence-electron chi connectivity index (χ1n) is 4.81.